The number of carbonyl (C=O) groups is 1. The highest BCUT2D eigenvalue weighted by Gasteiger charge is 2.12. The summed E-state index contributed by atoms with van der Waals surface area (Å²) in [5.74, 6) is 0.0401. The molecule has 0 radical (unpaired) electrons. The van der Waals surface area contributed by atoms with E-state index in [1.54, 1.807) is 18.2 Å². The predicted molar refractivity (Wildman–Crippen MR) is 70.2 cm³/mol. The molecule has 0 aliphatic carbocycles. The molecule has 1 aromatic heterocycles. The van der Waals surface area contributed by atoms with Gasteiger partial charge in [-0.25, -0.2) is 4.79 Å². The third kappa shape index (κ3) is 2.87. The van der Waals surface area contributed by atoms with Gasteiger partial charge in [-0.2, -0.15) is 0 Å². The number of hydrogen-bond donors (Lipinski definition) is 0. The molecular weight excluding hydrogens is 256 g/mol. The molecule has 0 bridgehead atoms. The lowest BCUT2D eigenvalue weighted by Crippen LogP contribution is -2.06. The first kappa shape index (κ1) is 12.1. The molecule has 0 aliphatic heterocycles. The van der Waals surface area contributed by atoms with Gasteiger partial charge in [-0.05, 0) is 43.7 Å². The van der Waals surface area contributed by atoms with E-state index in [2.05, 4.69) is 0 Å². The van der Waals surface area contributed by atoms with Gasteiger partial charge in [0.25, 0.3) is 0 Å². The lowest BCUT2D eigenvalue weighted by Gasteiger charge is -2.05. The number of thiophene rings is 1. The maximum atomic E-state index is 11.8. The highest BCUT2D eigenvalue weighted by Crippen LogP contribution is 2.27. The minimum atomic E-state index is -0.365. The zero-order valence-corrected chi connectivity index (χ0v) is 11.1. The smallest absolute Gasteiger partial charge is 0.353 e. The molecule has 0 atom stereocenters. The Bertz CT molecular complexity index is 560. The molecule has 2 aromatic rings. The van der Waals surface area contributed by atoms with Gasteiger partial charge in [-0.1, -0.05) is 17.7 Å². The molecule has 0 spiro atoms. The summed E-state index contributed by atoms with van der Waals surface area (Å²) in [6, 6.07) is 8.99. The number of ether oxygens (including phenoxy) is 1. The molecule has 0 N–H and O–H groups in total. The van der Waals surface area contributed by atoms with Crippen LogP contribution in [0.3, 0.4) is 0 Å². The van der Waals surface area contributed by atoms with Crippen LogP contribution in [0.15, 0.2) is 30.3 Å². The Balaban J connectivity index is 2.21. The minimum absolute atomic E-state index is 0.365. The summed E-state index contributed by atoms with van der Waals surface area (Å²) in [4.78, 5) is 13.5. The predicted octanol–water partition coefficient (Wildman–Crippen LogP) is 4.24. The van der Waals surface area contributed by atoms with E-state index in [1.807, 2.05) is 26.0 Å². The zero-order valence-electron chi connectivity index (χ0n) is 9.49. The molecule has 17 heavy (non-hydrogen) atoms. The summed E-state index contributed by atoms with van der Waals surface area (Å²) in [5.41, 5.74) is 1.000. The van der Waals surface area contributed by atoms with Crippen molar-refractivity contribution in [2.24, 2.45) is 0 Å². The van der Waals surface area contributed by atoms with Crippen molar-refractivity contribution in [1.82, 2.24) is 0 Å². The maximum Gasteiger partial charge on any atom is 0.353 e. The second kappa shape index (κ2) is 4.90. The van der Waals surface area contributed by atoms with Crippen LogP contribution in [-0.4, -0.2) is 5.97 Å². The van der Waals surface area contributed by atoms with E-state index in [9.17, 15) is 4.79 Å². The van der Waals surface area contributed by atoms with E-state index in [-0.39, 0.29) is 5.97 Å². The Hall–Kier alpha value is -1.32. The number of esters is 1. The third-order valence-electron chi connectivity index (χ3n) is 2.23. The van der Waals surface area contributed by atoms with Crippen LogP contribution in [0.4, 0.5) is 0 Å². The number of aryl methyl sites for hydroxylation is 2. The molecule has 0 amide bonds. The van der Waals surface area contributed by atoms with Gasteiger partial charge in [0, 0.05) is 4.88 Å². The Labute approximate surface area is 109 Å². The molecule has 1 aromatic carbocycles. The Morgan fingerprint density at radius 3 is 2.65 bits per heavy atom. The molecule has 0 fully saturated rings. The average Bonchev–Trinajstić information content (AvgIpc) is 2.70. The van der Waals surface area contributed by atoms with Crippen LogP contribution in [0, 0.1) is 13.8 Å². The number of carbonyl (C=O) groups excluding carboxylic acids is 1. The van der Waals surface area contributed by atoms with Crippen LogP contribution < -0.4 is 4.74 Å². The van der Waals surface area contributed by atoms with Crippen LogP contribution in [-0.2, 0) is 0 Å². The van der Waals surface area contributed by atoms with E-state index in [1.165, 1.54) is 11.3 Å². The van der Waals surface area contributed by atoms with Gasteiger partial charge in [0.15, 0.2) is 0 Å². The largest absolute Gasteiger partial charge is 0.421 e. The topological polar surface area (TPSA) is 26.3 Å². The van der Waals surface area contributed by atoms with Gasteiger partial charge < -0.3 is 4.74 Å². The SMILES string of the molecule is Cc1ccc(Cl)c(OC(=O)c2ccc(C)s2)c1. The van der Waals surface area contributed by atoms with Crippen molar-refractivity contribution in [1.29, 1.82) is 0 Å². The van der Waals surface area contributed by atoms with Gasteiger partial charge in [-0.3, -0.25) is 0 Å². The van der Waals surface area contributed by atoms with Crippen LogP contribution in [0.1, 0.15) is 20.1 Å². The molecular formula is C13H11ClO2S. The fraction of sp³-hybridized carbons (Fsp3) is 0.154. The third-order valence-corrected chi connectivity index (χ3v) is 3.52. The summed E-state index contributed by atoms with van der Waals surface area (Å²) in [6.45, 7) is 3.87. The standard InChI is InChI=1S/C13H11ClO2S/c1-8-3-5-10(14)11(7-8)16-13(15)12-6-4-9(2)17-12/h3-7H,1-2H3. The quantitative estimate of drug-likeness (QED) is 0.600. The second-order valence-corrected chi connectivity index (χ2v) is 5.43. The number of rotatable bonds is 2. The van der Waals surface area contributed by atoms with Crippen molar-refractivity contribution in [3.05, 3.63) is 50.7 Å². The second-order valence-electron chi connectivity index (χ2n) is 3.73. The highest BCUT2D eigenvalue weighted by molar-refractivity contribution is 7.13. The monoisotopic (exact) mass is 266 g/mol. The van der Waals surface area contributed by atoms with Gasteiger partial charge in [-0.15, -0.1) is 11.3 Å². The fourth-order valence-electron chi connectivity index (χ4n) is 1.38. The molecule has 2 nitrogen and oxygen atoms in total. The average molecular weight is 267 g/mol. The van der Waals surface area contributed by atoms with Gasteiger partial charge in [0.05, 0.1) is 5.02 Å². The fourth-order valence-corrected chi connectivity index (χ4v) is 2.28. The van der Waals surface area contributed by atoms with Crippen molar-refractivity contribution in [3.63, 3.8) is 0 Å². The number of hydrogen-bond acceptors (Lipinski definition) is 3. The zero-order chi connectivity index (χ0) is 12.4. The number of halogens is 1. The Morgan fingerprint density at radius 2 is 2.00 bits per heavy atom. The summed E-state index contributed by atoms with van der Waals surface area (Å²) in [5, 5.41) is 0.442. The molecule has 4 heteroatoms. The first-order valence-electron chi connectivity index (χ1n) is 5.11. The molecule has 1 heterocycles. The molecule has 88 valence electrons. The van der Waals surface area contributed by atoms with Crippen LogP contribution >= 0.6 is 22.9 Å². The first-order valence-corrected chi connectivity index (χ1v) is 6.30. The summed E-state index contributed by atoms with van der Waals surface area (Å²) >= 11 is 7.37. The van der Waals surface area contributed by atoms with E-state index >= 15 is 0 Å². The summed E-state index contributed by atoms with van der Waals surface area (Å²) in [6.07, 6.45) is 0. The molecule has 0 aliphatic rings. The lowest BCUT2D eigenvalue weighted by molar-refractivity contribution is 0.0740. The molecule has 2 rings (SSSR count). The van der Waals surface area contributed by atoms with Crippen molar-refractivity contribution >= 4 is 28.9 Å². The van der Waals surface area contributed by atoms with Crippen LogP contribution in [0.5, 0.6) is 5.75 Å². The van der Waals surface area contributed by atoms with Crippen molar-refractivity contribution in [3.8, 4) is 5.75 Å². The van der Waals surface area contributed by atoms with Crippen molar-refractivity contribution < 1.29 is 9.53 Å². The van der Waals surface area contributed by atoms with Crippen molar-refractivity contribution in [2.45, 2.75) is 13.8 Å². The molecule has 0 unspecified atom stereocenters. The maximum absolute atomic E-state index is 11.8. The van der Waals surface area contributed by atoms with Gasteiger partial charge >= 0.3 is 5.97 Å². The summed E-state index contributed by atoms with van der Waals surface area (Å²) in [7, 11) is 0. The lowest BCUT2D eigenvalue weighted by atomic mass is 10.2. The van der Waals surface area contributed by atoms with E-state index in [4.69, 9.17) is 16.3 Å². The summed E-state index contributed by atoms with van der Waals surface area (Å²) < 4.78 is 5.26. The van der Waals surface area contributed by atoms with E-state index < -0.39 is 0 Å². The van der Waals surface area contributed by atoms with E-state index in [0.29, 0.717) is 15.6 Å². The minimum Gasteiger partial charge on any atom is -0.421 e. The molecule has 0 saturated carbocycles. The highest BCUT2D eigenvalue weighted by atomic mass is 35.5. The number of benzene rings is 1. The van der Waals surface area contributed by atoms with Gasteiger partial charge in [0.1, 0.15) is 10.6 Å². The van der Waals surface area contributed by atoms with Crippen LogP contribution in [0.25, 0.3) is 0 Å². The Kier molecular flexibility index (Phi) is 3.50. The normalized spacial score (nSPS) is 10.3. The molecule has 0 saturated heterocycles. The van der Waals surface area contributed by atoms with Gasteiger partial charge in [0.2, 0.25) is 0 Å². The van der Waals surface area contributed by atoms with E-state index in [0.717, 1.165) is 10.4 Å². The Morgan fingerprint density at radius 1 is 1.24 bits per heavy atom. The first-order chi connectivity index (χ1) is 8.06. The van der Waals surface area contributed by atoms with Crippen LogP contribution in [0.2, 0.25) is 5.02 Å². The van der Waals surface area contributed by atoms with Crippen molar-refractivity contribution in [2.75, 3.05) is 0 Å².